The molecule has 4 heteroatoms. The van der Waals surface area contributed by atoms with Crippen molar-refractivity contribution in [2.24, 2.45) is 11.8 Å². The molecule has 3 aliphatic heterocycles. The van der Waals surface area contributed by atoms with Crippen molar-refractivity contribution < 1.29 is 4.79 Å². The molecule has 5 rings (SSSR count). The van der Waals surface area contributed by atoms with E-state index >= 15 is 0 Å². The Labute approximate surface area is 138 Å². The first-order valence-electron chi connectivity index (χ1n) is 9.14. The molecule has 2 bridgehead atoms. The van der Waals surface area contributed by atoms with Gasteiger partial charge in [0, 0.05) is 44.6 Å². The van der Waals surface area contributed by atoms with Crippen LogP contribution in [0.2, 0.25) is 0 Å². The van der Waals surface area contributed by atoms with E-state index in [4.69, 9.17) is 0 Å². The number of hydrogen-bond acceptors (Lipinski definition) is 3. The summed E-state index contributed by atoms with van der Waals surface area (Å²) in [7, 11) is 0. The topological polar surface area (TPSA) is 36.4 Å². The highest BCUT2D eigenvalue weighted by molar-refractivity contribution is 5.95. The quantitative estimate of drug-likeness (QED) is 0.861. The number of fused-ring (bicyclic) bond motifs is 4. The average Bonchev–Trinajstić information content (AvgIpc) is 2.82. The van der Waals surface area contributed by atoms with Crippen molar-refractivity contribution in [3.63, 3.8) is 0 Å². The fourth-order valence-corrected chi connectivity index (χ4v) is 4.43. The molecule has 0 unspecified atom stereocenters. The predicted octanol–water partition coefficient (Wildman–Crippen LogP) is 2.73. The SMILES string of the molecule is Cc1ccncc1C(=O)N1C[C@H]2CC[C@@H](C1)N(CC1CCC1)C2. The Morgan fingerprint density at radius 3 is 2.83 bits per heavy atom. The molecule has 23 heavy (non-hydrogen) atoms. The van der Waals surface area contributed by atoms with E-state index in [-0.39, 0.29) is 5.91 Å². The minimum Gasteiger partial charge on any atom is -0.337 e. The molecule has 0 aromatic carbocycles. The summed E-state index contributed by atoms with van der Waals surface area (Å²) in [4.78, 5) is 21.9. The van der Waals surface area contributed by atoms with Gasteiger partial charge >= 0.3 is 0 Å². The molecule has 1 aliphatic carbocycles. The largest absolute Gasteiger partial charge is 0.337 e. The Morgan fingerprint density at radius 1 is 1.22 bits per heavy atom. The maximum atomic E-state index is 13.0. The number of hydrogen-bond donors (Lipinski definition) is 0. The number of carbonyl (C=O) groups is 1. The zero-order valence-electron chi connectivity index (χ0n) is 14.1. The highest BCUT2D eigenvalue weighted by atomic mass is 16.2. The van der Waals surface area contributed by atoms with Gasteiger partial charge in [-0.3, -0.25) is 14.7 Å². The Balaban J connectivity index is 1.49. The van der Waals surface area contributed by atoms with Gasteiger partial charge in [0.05, 0.1) is 5.56 Å². The number of rotatable bonds is 3. The number of pyridine rings is 1. The van der Waals surface area contributed by atoms with Gasteiger partial charge in [-0.05, 0) is 56.1 Å². The van der Waals surface area contributed by atoms with Gasteiger partial charge in [-0.1, -0.05) is 6.42 Å². The van der Waals surface area contributed by atoms with Crippen molar-refractivity contribution in [1.29, 1.82) is 0 Å². The summed E-state index contributed by atoms with van der Waals surface area (Å²) in [6.45, 7) is 6.28. The van der Waals surface area contributed by atoms with Crippen molar-refractivity contribution in [3.8, 4) is 0 Å². The van der Waals surface area contributed by atoms with Gasteiger partial charge in [0.2, 0.25) is 0 Å². The fraction of sp³-hybridized carbons (Fsp3) is 0.684. The Kier molecular flexibility index (Phi) is 4.10. The Hall–Kier alpha value is -1.42. The number of piperidine rings is 1. The monoisotopic (exact) mass is 313 g/mol. The van der Waals surface area contributed by atoms with Crippen LogP contribution in [0, 0.1) is 18.8 Å². The maximum Gasteiger partial charge on any atom is 0.255 e. The summed E-state index contributed by atoms with van der Waals surface area (Å²) < 4.78 is 0. The Morgan fingerprint density at radius 2 is 2.09 bits per heavy atom. The number of aromatic nitrogens is 1. The Bertz CT molecular complexity index is 584. The van der Waals surface area contributed by atoms with Crippen LogP contribution in [0.1, 0.15) is 48.0 Å². The van der Waals surface area contributed by atoms with E-state index in [0.29, 0.717) is 12.0 Å². The molecule has 4 fully saturated rings. The van der Waals surface area contributed by atoms with Crippen molar-refractivity contribution in [2.45, 2.75) is 45.1 Å². The molecular weight excluding hydrogens is 286 g/mol. The maximum absolute atomic E-state index is 13.0. The third-order valence-corrected chi connectivity index (χ3v) is 6.10. The first-order valence-corrected chi connectivity index (χ1v) is 9.14. The zero-order chi connectivity index (χ0) is 15.8. The average molecular weight is 313 g/mol. The van der Waals surface area contributed by atoms with Crippen LogP contribution in [0.15, 0.2) is 18.5 Å². The van der Waals surface area contributed by atoms with Crippen LogP contribution in [0.5, 0.6) is 0 Å². The fourth-order valence-electron chi connectivity index (χ4n) is 4.43. The van der Waals surface area contributed by atoms with Gasteiger partial charge in [-0.25, -0.2) is 0 Å². The van der Waals surface area contributed by atoms with E-state index in [2.05, 4.69) is 14.8 Å². The van der Waals surface area contributed by atoms with Crippen molar-refractivity contribution in [2.75, 3.05) is 26.2 Å². The molecule has 1 aromatic heterocycles. The number of nitrogens with zero attached hydrogens (tertiary/aromatic N) is 3. The van der Waals surface area contributed by atoms with Gasteiger partial charge in [0.25, 0.3) is 5.91 Å². The van der Waals surface area contributed by atoms with E-state index in [9.17, 15) is 4.79 Å². The third-order valence-electron chi connectivity index (χ3n) is 6.10. The summed E-state index contributed by atoms with van der Waals surface area (Å²) in [5.74, 6) is 1.74. The molecule has 4 heterocycles. The van der Waals surface area contributed by atoms with Crippen LogP contribution in [-0.2, 0) is 0 Å². The first-order chi connectivity index (χ1) is 11.2. The second-order valence-corrected chi connectivity index (χ2v) is 7.75. The van der Waals surface area contributed by atoms with Crippen LogP contribution >= 0.6 is 0 Å². The molecular formula is C19H27N3O. The molecule has 1 aromatic rings. The molecule has 4 aliphatic rings. The summed E-state index contributed by atoms with van der Waals surface area (Å²) >= 11 is 0. The summed E-state index contributed by atoms with van der Waals surface area (Å²) in [6, 6.07) is 2.50. The van der Waals surface area contributed by atoms with Crippen LogP contribution < -0.4 is 0 Å². The lowest BCUT2D eigenvalue weighted by molar-refractivity contribution is 0.0716. The third kappa shape index (κ3) is 3.01. The zero-order valence-corrected chi connectivity index (χ0v) is 14.1. The lowest BCUT2D eigenvalue weighted by Crippen LogP contribution is -2.47. The van der Waals surface area contributed by atoms with Crippen LogP contribution in [0.4, 0.5) is 0 Å². The van der Waals surface area contributed by atoms with Crippen LogP contribution in [0.25, 0.3) is 0 Å². The van der Waals surface area contributed by atoms with Crippen LogP contribution in [0.3, 0.4) is 0 Å². The lowest BCUT2D eigenvalue weighted by atomic mass is 9.83. The van der Waals surface area contributed by atoms with Gasteiger partial charge in [0.15, 0.2) is 0 Å². The minimum absolute atomic E-state index is 0.179. The molecule has 2 atom stereocenters. The van der Waals surface area contributed by atoms with E-state index in [1.165, 1.54) is 45.2 Å². The van der Waals surface area contributed by atoms with E-state index in [0.717, 1.165) is 30.1 Å². The van der Waals surface area contributed by atoms with Crippen molar-refractivity contribution in [3.05, 3.63) is 29.6 Å². The summed E-state index contributed by atoms with van der Waals surface area (Å²) in [5.41, 5.74) is 1.81. The lowest BCUT2D eigenvalue weighted by Gasteiger charge is -2.40. The van der Waals surface area contributed by atoms with Gasteiger partial charge in [0.1, 0.15) is 0 Å². The van der Waals surface area contributed by atoms with Gasteiger partial charge < -0.3 is 4.90 Å². The molecule has 3 saturated heterocycles. The number of aryl methyl sites for hydroxylation is 1. The molecule has 4 nitrogen and oxygen atoms in total. The summed E-state index contributed by atoms with van der Waals surface area (Å²) in [6.07, 6.45) is 10.3. The molecule has 0 spiro atoms. The summed E-state index contributed by atoms with van der Waals surface area (Å²) in [5, 5.41) is 0. The standard InChI is InChI=1S/C19H27N3O/c1-14-7-8-20-9-18(14)19(23)22-12-16-5-6-17(13-22)21(11-16)10-15-3-2-4-15/h7-9,15-17H,2-6,10-13H2,1H3/t16-,17-/m0/s1. The van der Waals surface area contributed by atoms with Gasteiger partial charge in [-0.15, -0.1) is 0 Å². The molecule has 1 saturated carbocycles. The van der Waals surface area contributed by atoms with Crippen molar-refractivity contribution >= 4 is 5.91 Å². The van der Waals surface area contributed by atoms with Crippen molar-refractivity contribution in [1.82, 2.24) is 14.8 Å². The smallest absolute Gasteiger partial charge is 0.255 e. The van der Waals surface area contributed by atoms with Crippen LogP contribution in [-0.4, -0.2) is 52.9 Å². The molecule has 124 valence electrons. The second kappa shape index (κ2) is 6.23. The normalized spacial score (nSPS) is 28.5. The predicted molar refractivity (Wildman–Crippen MR) is 90.3 cm³/mol. The first kappa shape index (κ1) is 15.1. The molecule has 1 amide bonds. The number of carbonyl (C=O) groups excluding carboxylic acids is 1. The molecule has 0 radical (unpaired) electrons. The molecule has 0 N–H and O–H groups in total. The highest BCUT2D eigenvalue weighted by Gasteiger charge is 2.38. The second-order valence-electron chi connectivity index (χ2n) is 7.75. The number of amides is 1. The van der Waals surface area contributed by atoms with E-state index < -0.39 is 0 Å². The highest BCUT2D eigenvalue weighted by Crippen LogP contribution is 2.33. The minimum atomic E-state index is 0.179. The van der Waals surface area contributed by atoms with E-state index in [1.54, 1.807) is 12.4 Å². The van der Waals surface area contributed by atoms with Gasteiger partial charge in [-0.2, -0.15) is 0 Å². The van der Waals surface area contributed by atoms with E-state index in [1.807, 2.05) is 13.0 Å².